The van der Waals surface area contributed by atoms with Gasteiger partial charge in [0.2, 0.25) is 5.91 Å². The Kier molecular flexibility index (Phi) is 7.03. The number of piperazine rings is 1. The van der Waals surface area contributed by atoms with Crippen molar-refractivity contribution in [2.75, 3.05) is 25.0 Å². The minimum absolute atomic E-state index is 0. The summed E-state index contributed by atoms with van der Waals surface area (Å²) < 4.78 is 0. The molecule has 7 heteroatoms. The smallest absolute Gasteiger partial charge is 0.254 e. The predicted molar refractivity (Wildman–Crippen MR) is 106 cm³/mol. The largest absolute Gasteiger partial charge is 0.329 e. The lowest BCUT2D eigenvalue weighted by Crippen LogP contribution is -2.48. The second kappa shape index (κ2) is 9.03. The fraction of sp³-hybridized carbons (Fsp3) is 0.263. The Morgan fingerprint density at radius 2 is 1.85 bits per heavy atom. The summed E-state index contributed by atoms with van der Waals surface area (Å²) in [5.74, 6) is -0.180. The molecule has 1 atom stereocenters. The first-order chi connectivity index (χ1) is 12.1. The minimum atomic E-state index is -0.139. The first-order valence-electron chi connectivity index (χ1n) is 8.20. The Morgan fingerprint density at radius 1 is 1.15 bits per heavy atom. The standard InChI is InChI=1S/C19H20ClN3O2.ClH/c1-13(24)22-15-8-6-14(7-9-15)19(25)23-11-10-21-12-18(23)16-4-2-3-5-17(16)20;/h2-9,18,21H,10-12H2,1H3,(H,22,24);1H. The molecule has 1 saturated heterocycles. The van der Waals surface area contributed by atoms with Gasteiger partial charge in [0.05, 0.1) is 6.04 Å². The zero-order valence-electron chi connectivity index (χ0n) is 14.4. The highest BCUT2D eigenvalue weighted by Crippen LogP contribution is 2.29. The number of carbonyl (C=O) groups excluding carboxylic acids is 2. The number of rotatable bonds is 3. The molecule has 2 amide bonds. The second-order valence-corrected chi connectivity index (χ2v) is 6.41. The molecular weight excluding hydrogens is 373 g/mol. The number of benzene rings is 2. The summed E-state index contributed by atoms with van der Waals surface area (Å²) in [5, 5.41) is 6.69. The van der Waals surface area contributed by atoms with Gasteiger partial charge in [-0.1, -0.05) is 29.8 Å². The van der Waals surface area contributed by atoms with Gasteiger partial charge in [0.1, 0.15) is 0 Å². The van der Waals surface area contributed by atoms with Crippen molar-refractivity contribution in [2.45, 2.75) is 13.0 Å². The number of nitrogens with one attached hydrogen (secondary N) is 2. The molecule has 1 unspecified atom stereocenters. The third-order valence-corrected chi connectivity index (χ3v) is 4.56. The molecular formula is C19H21Cl2N3O2. The van der Waals surface area contributed by atoms with E-state index in [0.717, 1.165) is 12.1 Å². The molecule has 138 valence electrons. The number of halogens is 2. The molecule has 2 aromatic rings. The van der Waals surface area contributed by atoms with Gasteiger partial charge in [0, 0.05) is 42.8 Å². The third kappa shape index (κ3) is 4.55. The number of hydrogen-bond acceptors (Lipinski definition) is 3. The van der Waals surface area contributed by atoms with Gasteiger partial charge in [-0.05, 0) is 35.9 Å². The van der Waals surface area contributed by atoms with E-state index in [1.165, 1.54) is 6.92 Å². The molecule has 1 aliphatic rings. The zero-order chi connectivity index (χ0) is 17.8. The Morgan fingerprint density at radius 3 is 2.50 bits per heavy atom. The molecule has 2 N–H and O–H groups in total. The van der Waals surface area contributed by atoms with Crippen LogP contribution in [0.1, 0.15) is 28.9 Å². The fourth-order valence-corrected chi connectivity index (χ4v) is 3.30. The second-order valence-electron chi connectivity index (χ2n) is 6.00. The summed E-state index contributed by atoms with van der Waals surface area (Å²) >= 11 is 6.34. The maximum atomic E-state index is 13.0. The molecule has 5 nitrogen and oxygen atoms in total. The molecule has 0 aliphatic carbocycles. The first-order valence-corrected chi connectivity index (χ1v) is 8.58. The van der Waals surface area contributed by atoms with E-state index in [-0.39, 0.29) is 30.3 Å². The van der Waals surface area contributed by atoms with Gasteiger partial charge in [-0.15, -0.1) is 12.4 Å². The van der Waals surface area contributed by atoms with Crippen LogP contribution in [0, 0.1) is 0 Å². The van der Waals surface area contributed by atoms with E-state index in [1.54, 1.807) is 24.3 Å². The Hall–Kier alpha value is -2.08. The van der Waals surface area contributed by atoms with Crippen molar-refractivity contribution in [3.63, 3.8) is 0 Å². The highest BCUT2D eigenvalue weighted by atomic mass is 35.5. The molecule has 0 aromatic heterocycles. The van der Waals surface area contributed by atoms with Crippen LogP contribution in [-0.4, -0.2) is 36.3 Å². The lowest BCUT2D eigenvalue weighted by Gasteiger charge is -2.37. The molecule has 26 heavy (non-hydrogen) atoms. The summed E-state index contributed by atoms with van der Waals surface area (Å²) in [4.78, 5) is 26.0. The summed E-state index contributed by atoms with van der Waals surface area (Å²) in [6.45, 7) is 3.48. The van der Waals surface area contributed by atoms with Crippen LogP contribution in [-0.2, 0) is 4.79 Å². The van der Waals surface area contributed by atoms with Crippen LogP contribution in [0.25, 0.3) is 0 Å². The molecule has 0 bridgehead atoms. The van der Waals surface area contributed by atoms with Gasteiger partial charge < -0.3 is 15.5 Å². The van der Waals surface area contributed by atoms with E-state index in [1.807, 2.05) is 29.2 Å². The van der Waals surface area contributed by atoms with Gasteiger partial charge in [-0.3, -0.25) is 9.59 Å². The van der Waals surface area contributed by atoms with Crippen molar-refractivity contribution in [1.29, 1.82) is 0 Å². The fourth-order valence-electron chi connectivity index (χ4n) is 3.04. The molecule has 1 aliphatic heterocycles. The average Bonchev–Trinajstić information content (AvgIpc) is 2.62. The zero-order valence-corrected chi connectivity index (χ0v) is 15.9. The number of anilines is 1. The maximum absolute atomic E-state index is 13.0. The summed E-state index contributed by atoms with van der Waals surface area (Å²) in [5.41, 5.74) is 2.21. The first kappa shape index (κ1) is 20.2. The summed E-state index contributed by atoms with van der Waals surface area (Å²) in [6.07, 6.45) is 0. The minimum Gasteiger partial charge on any atom is -0.329 e. The van der Waals surface area contributed by atoms with Crippen LogP contribution in [0.3, 0.4) is 0 Å². The van der Waals surface area contributed by atoms with Crippen molar-refractivity contribution in [3.8, 4) is 0 Å². The predicted octanol–water partition coefficient (Wildman–Crippen LogP) is 3.51. The Labute approximate surface area is 164 Å². The van der Waals surface area contributed by atoms with Gasteiger partial charge in [-0.25, -0.2) is 0 Å². The van der Waals surface area contributed by atoms with E-state index in [2.05, 4.69) is 10.6 Å². The lowest BCUT2D eigenvalue weighted by molar-refractivity contribution is -0.114. The van der Waals surface area contributed by atoms with Crippen molar-refractivity contribution < 1.29 is 9.59 Å². The quantitative estimate of drug-likeness (QED) is 0.838. The van der Waals surface area contributed by atoms with Crippen molar-refractivity contribution in [2.24, 2.45) is 0 Å². The number of amides is 2. The van der Waals surface area contributed by atoms with Crippen LogP contribution in [0.4, 0.5) is 5.69 Å². The number of carbonyl (C=O) groups is 2. The van der Waals surface area contributed by atoms with Crippen LogP contribution in [0.5, 0.6) is 0 Å². The maximum Gasteiger partial charge on any atom is 0.254 e. The summed E-state index contributed by atoms with van der Waals surface area (Å²) in [7, 11) is 0. The van der Waals surface area contributed by atoms with Crippen molar-refractivity contribution in [3.05, 3.63) is 64.7 Å². The number of nitrogens with zero attached hydrogens (tertiary/aromatic N) is 1. The van der Waals surface area contributed by atoms with E-state index in [4.69, 9.17) is 11.6 Å². The monoisotopic (exact) mass is 393 g/mol. The number of hydrogen-bond donors (Lipinski definition) is 2. The normalized spacial score (nSPS) is 16.5. The summed E-state index contributed by atoms with van der Waals surface area (Å²) in [6, 6.07) is 14.5. The molecule has 1 heterocycles. The molecule has 0 spiro atoms. The van der Waals surface area contributed by atoms with Crippen molar-refractivity contribution >= 4 is 41.5 Å². The third-order valence-electron chi connectivity index (χ3n) is 4.22. The molecule has 2 aromatic carbocycles. The van der Waals surface area contributed by atoms with E-state index in [0.29, 0.717) is 29.4 Å². The van der Waals surface area contributed by atoms with E-state index in [9.17, 15) is 9.59 Å². The van der Waals surface area contributed by atoms with Gasteiger partial charge in [-0.2, -0.15) is 0 Å². The Bertz CT molecular complexity index is 781. The van der Waals surface area contributed by atoms with Crippen LogP contribution < -0.4 is 10.6 Å². The molecule has 1 fully saturated rings. The lowest BCUT2D eigenvalue weighted by atomic mass is 10.0. The van der Waals surface area contributed by atoms with Crippen LogP contribution >= 0.6 is 24.0 Å². The molecule has 3 rings (SSSR count). The SMILES string of the molecule is CC(=O)Nc1ccc(C(=O)N2CCNCC2c2ccccc2Cl)cc1.Cl. The van der Waals surface area contributed by atoms with Gasteiger partial charge >= 0.3 is 0 Å². The molecule has 0 radical (unpaired) electrons. The highest BCUT2D eigenvalue weighted by molar-refractivity contribution is 6.31. The van der Waals surface area contributed by atoms with Crippen molar-refractivity contribution in [1.82, 2.24) is 10.2 Å². The van der Waals surface area contributed by atoms with Crippen LogP contribution in [0.2, 0.25) is 5.02 Å². The van der Waals surface area contributed by atoms with E-state index < -0.39 is 0 Å². The average molecular weight is 394 g/mol. The van der Waals surface area contributed by atoms with Gasteiger partial charge in [0.25, 0.3) is 5.91 Å². The molecule has 0 saturated carbocycles. The van der Waals surface area contributed by atoms with E-state index >= 15 is 0 Å². The Balaban J connectivity index is 0.00000243. The van der Waals surface area contributed by atoms with Crippen LogP contribution in [0.15, 0.2) is 48.5 Å². The topological polar surface area (TPSA) is 61.4 Å². The highest BCUT2D eigenvalue weighted by Gasteiger charge is 2.29. The van der Waals surface area contributed by atoms with Gasteiger partial charge in [0.15, 0.2) is 0 Å².